The molecule has 1 aromatic carbocycles. The molecular formula is C24H32BrNO4. The van der Waals surface area contributed by atoms with E-state index in [2.05, 4.69) is 29.1 Å². The van der Waals surface area contributed by atoms with Crippen LogP contribution in [0.5, 0.6) is 5.75 Å². The number of aryl methyl sites for hydroxylation is 1. The summed E-state index contributed by atoms with van der Waals surface area (Å²) in [6, 6.07) is 11.7. The van der Waals surface area contributed by atoms with Gasteiger partial charge >= 0.3 is 0 Å². The molecule has 30 heavy (non-hydrogen) atoms. The van der Waals surface area contributed by atoms with Gasteiger partial charge in [0.05, 0.1) is 0 Å². The molecule has 0 spiro atoms. The Hall–Kier alpha value is -2.70. The van der Waals surface area contributed by atoms with Gasteiger partial charge < -0.3 is 14.4 Å². The van der Waals surface area contributed by atoms with Crippen LogP contribution < -0.4 is 10.3 Å². The van der Waals surface area contributed by atoms with E-state index in [-0.39, 0.29) is 5.56 Å². The Morgan fingerprint density at radius 2 is 1.73 bits per heavy atom. The highest BCUT2D eigenvalue weighted by Crippen LogP contribution is 2.21. The smallest absolute Gasteiger partial charge is 0.268 e. The Balaban J connectivity index is 0. The molecule has 5 nitrogen and oxygen atoms in total. The van der Waals surface area contributed by atoms with Crippen LogP contribution in [0.4, 0.5) is 0 Å². The van der Waals surface area contributed by atoms with E-state index in [1.165, 1.54) is 6.08 Å². The molecule has 0 aliphatic rings. The van der Waals surface area contributed by atoms with Crippen molar-refractivity contribution in [1.29, 1.82) is 0 Å². The number of carbonyl (C=O) groups excluding carboxylic acids is 1. The Morgan fingerprint density at radius 3 is 2.23 bits per heavy atom. The molecule has 0 fully saturated rings. The lowest BCUT2D eigenvalue weighted by Crippen LogP contribution is -2.20. The van der Waals surface area contributed by atoms with Gasteiger partial charge in [0.1, 0.15) is 23.1 Å². The minimum Gasteiger partial charge on any atom is -0.487 e. The molecule has 1 aromatic heterocycles. The standard InChI is InChI=1S/C16H16BrNO2.C5H6O.C2H6.CH4O/c1-2-3-10-18-11-9-14(15(17)16(18)19)20-12-13-7-5-4-6-8-13;1-2-3-4-5-6;2*1-2/h2,4-9,11H,1,3,10,12H2;2-5H,1H2;1-2H3;2H,1H3/b;4-3+;;. The molecule has 0 saturated carbocycles. The van der Waals surface area contributed by atoms with Crippen molar-refractivity contribution in [3.63, 3.8) is 0 Å². The summed E-state index contributed by atoms with van der Waals surface area (Å²) in [5, 5.41) is 7.00. The molecule has 0 amide bonds. The van der Waals surface area contributed by atoms with Crippen molar-refractivity contribution in [3.05, 3.63) is 100 Å². The zero-order valence-corrected chi connectivity index (χ0v) is 19.5. The number of hydrogen-bond acceptors (Lipinski definition) is 4. The molecule has 0 aliphatic carbocycles. The van der Waals surface area contributed by atoms with Gasteiger partial charge in [0.2, 0.25) is 0 Å². The van der Waals surface area contributed by atoms with Gasteiger partial charge in [-0.25, -0.2) is 0 Å². The second-order valence-corrected chi connectivity index (χ2v) is 5.89. The van der Waals surface area contributed by atoms with Gasteiger partial charge in [-0.15, -0.1) is 6.58 Å². The third-order valence-corrected chi connectivity index (χ3v) is 3.94. The van der Waals surface area contributed by atoms with Gasteiger partial charge in [-0.3, -0.25) is 9.59 Å². The molecule has 0 unspecified atom stereocenters. The second kappa shape index (κ2) is 21.0. The lowest BCUT2D eigenvalue weighted by atomic mass is 10.2. The van der Waals surface area contributed by atoms with Crippen molar-refractivity contribution in [3.8, 4) is 5.75 Å². The van der Waals surface area contributed by atoms with Crippen molar-refractivity contribution in [1.82, 2.24) is 4.57 Å². The fourth-order valence-corrected chi connectivity index (χ4v) is 2.38. The van der Waals surface area contributed by atoms with Gasteiger partial charge in [-0.05, 0) is 40.1 Å². The number of aldehydes is 1. The van der Waals surface area contributed by atoms with Crippen LogP contribution in [0.1, 0.15) is 25.8 Å². The number of allylic oxidation sites excluding steroid dienone is 4. The molecular weight excluding hydrogens is 446 g/mol. The number of rotatable bonds is 8. The van der Waals surface area contributed by atoms with E-state index in [0.29, 0.717) is 29.7 Å². The minimum atomic E-state index is -0.0857. The molecule has 0 aliphatic heterocycles. The van der Waals surface area contributed by atoms with Gasteiger partial charge in [-0.1, -0.05) is 69.0 Å². The molecule has 0 bridgehead atoms. The Morgan fingerprint density at radius 1 is 1.10 bits per heavy atom. The first kappa shape index (κ1) is 29.5. The first-order valence-corrected chi connectivity index (χ1v) is 10.3. The molecule has 1 N–H and O–H groups in total. The number of aromatic nitrogens is 1. The van der Waals surface area contributed by atoms with Gasteiger partial charge in [-0.2, -0.15) is 0 Å². The normalized spacial score (nSPS) is 8.97. The van der Waals surface area contributed by atoms with Gasteiger partial charge in [0.25, 0.3) is 5.56 Å². The summed E-state index contributed by atoms with van der Waals surface area (Å²) in [5.74, 6) is 0.564. The van der Waals surface area contributed by atoms with Crippen molar-refractivity contribution >= 4 is 22.2 Å². The summed E-state index contributed by atoms with van der Waals surface area (Å²) in [5.41, 5.74) is 0.979. The zero-order chi connectivity index (χ0) is 23.2. The summed E-state index contributed by atoms with van der Waals surface area (Å²) in [4.78, 5) is 21.5. The van der Waals surface area contributed by atoms with E-state index < -0.39 is 0 Å². The third kappa shape index (κ3) is 12.7. The number of benzene rings is 1. The SMILES string of the molecule is C=C/C=C/C=O.C=CCCn1ccc(OCc2ccccc2)c(Br)c1=O.CC.CO. The molecule has 6 heteroatoms. The van der Waals surface area contributed by atoms with E-state index in [4.69, 9.17) is 9.84 Å². The average molecular weight is 478 g/mol. The number of aliphatic hydroxyl groups excluding tert-OH is 1. The fourth-order valence-electron chi connectivity index (χ4n) is 1.91. The largest absolute Gasteiger partial charge is 0.487 e. The lowest BCUT2D eigenvalue weighted by Gasteiger charge is -2.10. The van der Waals surface area contributed by atoms with Gasteiger partial charge in [0, 0.05) is 19.9 Å². The van der Waals surface area contributed by atoms with Crippen LogP contribution in [-0.4, -0.2) is 23.1 Å². The molecule has 0 radical (unpaired) electrons. The number of pyridine rings is 1. The van der Waals surface area contributed by atoms with Gasteiger partial charge in [0.15, 0.2) is 0 Å². The summed E-state index contributed by atoms with van der Waals surface area (Å²) in [6.07, 6.45) is 9.52. The van der Waals surface area contributed by atoms with E-state index in [9.17, 15) is 9.59 Å². The summed E-state index contributed by atoms with van der Waals surface area (Å²) < 4.78 is 7.78. The number of nitrogens with zero attached hydrogens (tertiary/aromatic N) is 1. The van der Waals surface area contributed by atoms with Crippen LogP contribution in [0.3, 0.4) is 0 Å². The number of hydrogen-bond donors (Lipinski definition) is 1. The molecule has 0 saturated heterocycles. The Labute approximate surface area is 188 Å². The summed E-state index contributed by atoms with van der Waals surface area (Å²) in [6.45, 7) is 12.1. The van der Waals surface area contributed by atoms with Crippen LogP contribution in [0.25, 0.3) is 0 Å². The van der Waals surface area contributed by atoms with E-state index >= 15 is 0 Å². The van der Waals surface area contributed by atoms with Crippen molar-refractivity contribution in [2.75, 3.05) is 7.11 Å². The second-order valence-electron chi connectivity index (χ2n) is 5.10. The number of ether oxygens (including phenoxy) is 1. The topological polar surface area (TPSA) is 68.5 Å². The lowest BCUT2D eigenvalue weighted by molar-refractivity contribution is -0.104. The summed E-state index contributed by atoms with van der Waals surface area (Å²) >= 11 is 3.31. The molecule has 0 atom stereocenters. The van der Waals surface area contributed by atoms with Crippen LogP contribution in [0, 0.1) is 0 Å². The average Bonchev–Trinajstić information content (AvgIpc) is 2.81. The minimum absolute atomic E-state index is 0.0857. The predicted octanol–water partition coefficient (Wildman–Crippen LogP) is 5.33. The van der Waals surface area contributed by atoms with E-state index in [0.717, 1.165) is 19.1 Å². The van der Waals surface area contributed by atoms with Crippen molar-refractivity contribution in [2.24, 2.45) is 0 Å². The fraction of sp³-hybridized carbons (Fsp3) is 0.250. The van der Waals surface area contributed by atoms with E-state index in [1.54, 1.807) is 35.1 Å². The first-order chi connectivity index (χ1) is 14.6. The van der Waals surface area contributed by atoms with Crippen LogP contribution in [-0.2, 0) is 17.9 Å². The van der Waals surface area contributed by atoms with E-state index in [1.807, 2.05) is 44.2 Å². The van der Waals surface area contributed by atoms with Crippen LogP contribution >= 0.6 is 15.9 Å². The zero-order valence-electron chi connectivity index (χ0n) is 18.0. The molecule has 1 heterocycles. The maximum absolute atomic E-state index is 12.1. The van der Waals surface area contributed by atoms with Crippen molar-refractivity contribution in [2.45, 2.75) is 33.4 Å². The number of halogens is 1. The quantitative estimate of drug-likeness (QED) is 0.241. The highest BCUT2D eigenvalue weighted by Gasteiger charge is 2.08. The Bertz CT molecular complexity index is 789. The number of carbonyl (C=O) groups is 1. The highest BCUT2D eigenvalue weighted by molar-refractivity contribution is 9.10. The van der Waals surface area contributed by atoms with Crippen LogP contribution in [0.15, 0.2) is 89.3 Å². The third-order valence-electron chi connectivity index (χ3n) is 3.21. The molecule has 2 aromatic rings. The van der Waals surface area contributed by atoms with Crippen molar-refractivity contribution < 1.29 is 14.6 Å². The predicted molar refractivity (Wildman–Crippen MR) is 129 cm³/mol. The van der Waals surface area contributed by atoms with Crippen LogP contribution in [0.2, 0.25) is 0 Å². The molecule has 2 rings (SSSR count). The first-order valence-electron chi connectivity index (χ1n) is 9.48. The maximum atomic E-state index is 12.1. The number of aliphatic hydroxyl groups is 1. The Kier molecular flexibility index (Phi) is 20.7. The maximum Gasteiger partial charge on any atom is 0.268 e. The highest BCUT2D eigenvalue weighted by atomic mass is 79.9. The molecule has 164 valence electrons. The summed E-state index contributed by atoms with van der Waals surface area (Å²) in [7, 11) is 1.00. The monoisotopic (exact) mass is 477 g/mol.